The summed E-state index contributed by atoms with van der Waals surface area (Å²) in [5.41, 5.74) is 0.803. The second kappa shape index (κ2) is 5.41. The highest BCUT2D eigenvalue weighted by Crippen LogP contribution is 2.41. The maximum absolute atomic E-state index is 12.5. The van der Waals surface area contributed by atoms with Crippen LogP contribution in [0.2, 0.25) is 0 Å². The molecule has 2 fully saturated rings. The fourth-order valence-electron chi connectivity index (χ4n) is 3.55. The molecule has 0 aromatic carbocycles. The molecule has 1 saturated carbocycles. The number of pyridine rings is 1. The third kappa shape index (κ3) is 2.71. The zero-order chi connectivity index (χ0) is 13.1. The van der Waals surface area contributed by atoms with Crippen molar-refractivity contribution in [1.82, 2.24) is 4.98 Å². The van der Waals surface area contributed by atoms with Gasteiger partial charge in [0, 0.05) is 30.5 Å². The van der Waals surface area contributed by atoms with Gasteiger partial charge in [0.25, 0.3) is 0 Å². The molecule has 1 saturated heterocycles. The number of carbonyl (C=O) groups is 1. The van der Waals surface area contributed by atoms with Crippen molar-refractivity contribution in [3.05, 3.63) is 30.1 Å². The Labute approximate surface area is 114 Å². The van der Waals surface area contributed by atoms with E-state index < -0.39 is 0 Å². The Morgan fingerprint density at radius 2 is 1.95 bits per heavy atom. The van der Waals surface area contributed by atoms with Crippen LogP contribution < -0.4 is 0 Å². The molecule has 2 aliphatic rings. The molecule has 3 rings (SSSR count). The van der Waals surface area contributed by atoms with E-state index in [0.717, 1.165) is 37.9 Å². The molecule has 102 valence electrons. The van der Waals surface area contributed by atoms with E-state index in [0.29, 0.717) is 0 Å². The fraction of sp³-hybridized carbons (Fsp3) is 0.625. The highest BCUT2D eigenvalue weighted by Gasteiger charge is 2.40. The quantitative estimate of drug-likeness (QED) is 0.764. The van der Waals surface area contributed by atoms with Crippen LogP contribution in [0.1, 0.15) is 55.3 Å². The first-order chi connectivity index (χ1) is 9.29. The van der Waals surface area contributed by atoms with Gasteiger partial charge in [0.15, 0.2) is 5.78 Å². The van der Waals surface area contributed by atoms with Crippen molar-refractivity contribution in [2.45, 2.75) is 50.5 Å². The minimum atomic E-state index is 0.00383. The second-order valence-corrected chi connectivity index (χ2v) is 5.88. The van der Waals surface area contributed by atoms with Crippen molar-refractivity contribution in [2.75, 3.05) is 6.61 Å². The maximum Gasteiger partial charge on any atom is 0.166 e. The minimum absolute atomic E-state index is 0.00383. The smallest absolute Gasteiger partial charge is 0.166 e. The number of hydrogen-bond donors (Lipinski definition) is 0. The lowest BCUT2D eigenvalue weighted by molar-refractivity contribution is -0.111. The van der Waals surface area contributed by atoms with Crippen molar-refractivity contribution >= 4 is 5.78 Å². The molecule has 0 bridgehead atoms. The molecule has 3 nitrogen and oxygen atoms in total. The van der Waals surface area contributed by atoms with Gasteiger partial charge in [0.05, 0.1) is 5.60 Å². The first-order valence-electron chi connectivity index (χ1n) is 7.37. The third-order valence-electron chi connectivity index (χ3n) is 4.59. The monoisotopic (exact) mass is 259 g/mol. The summed E-state index contributed by atoms with van der Waals surface area (Å²) >= 11 is 0. The zero-order valence-electron chi connectivity index (χ0n) is 11.3. The molecule has 3 heteroatoms. The van der Waals surface area contributed by atoms with Gasteiger partial charge in [-0.05, 0) is 37.8 Å². The Morgan fingerprint density at radius 3 is 2.68 bits per heavy atom. The molecule has 1 unspecified atom stereocenters. The Morgan fingerprint density at radius 1 is 1.21 bits per heavy atom. The molecule has 1 aliphatic carbocycles. The normalized spacial score (nSPS) is 26.2. The van der Waals surface area contributed by atoms with Crippen LogP contribution in [0.5, 0.6) is 0 Å². The van der Waals surface area contributed by atoms with Crippen LogP contribution in [0.25, 0.3) is 0 Å². The van der Waals surface area contributed by atoms with Gasteiger partial charge in [-0.15, -0.1) is 0 Å². The van der Waals surface area contributed by atoms with Crippen LogP contribution in [-0.4, -0.2) is 23.0 Å². The van der Waals surface area contributed by atoms with E-state index in [1.807, 2.05) is 12.1 Å². The molecular weight excluding hydrogens is 238 g/mol. The van der Waals surface area contributed by atoms with Gasteiger partial charge < -0.3 is 4.74 Å². The Bertz CT molecular complexity index is 432. The lowest BCUT2D eigenvalue weighted by Gasteiger charge is -2.43. The second-order valence-electron chi connectivity index (χ2n) is 5.88. The molecule has 0 amide bonds. The van der Waals surface area contributed by atoms with Crippen LogP contribution in [0.15, 0.2) is 24.5 Å². The number of aromatic nitrogens is 1. The molecule has 2 heterocycles. The third-order valence-corrected chi connectivity index (χ3v) is 4.59. The van der Waals surface area contributed by atoms with E-state index in [1.165, 1.54) is 19.3 Å². The van der Waals surface area contributed by atoms with Gasteiger partial charge in [-0.3, -0.25) is 9.78 Å². The summed E-state index contributed by atoms with van der Waals surface area (Å²) in [5, 5.41) is 0. The van der Waals surface area contributed by atoms with Crippen molar-refractivity contribution in [3.63, 3.8) is 0 Å². The molecule has 1 aromatic heterocycles. The topological polar surface area (TPSA) is 39.2 Å². The minimum Gasteiger partial charge on any atom is -0.375 e. The predicted molar refractivity (Wildman–Crippen MR) is 73.1 cm³/mol. The molecule has 1 aliphatic heterocycles. The standard InChI is InChI=1S/C16H21NO2/c18-15(13-4-9-17-10-5-13)14-6-11-19-16(12-14)7-2-1-3-8-16/h4-5,9-10,14H,1-3,6-8,11-12H2. The van der Waals surface area contributed by atoms with E-state index in [9.17, 15) is 4.79 Å². The first-order valence-corrected chi connectivity index (χ1v) is 7.37. The van der Waals surface area contributed by atoms with Crippen LogP contribution in [-0.2, 0) is 4.74 Å². The summed E-state index contributed by atoms with van der Waals surface area (Å²) in [6.07, 6.45) is 11.2. The van der Waals surface area contributed by atoms with Crippen LogP contribution in [0.3, 0.4) is 0 Å². The fourth-order valence-corrected chi connectivity index (χ4v) is 3.55. The summed E-state index contributed by atoms with van der Waals surface area (Å²) in [5.74, 6) is 0.407. The van der Waals surface area contributed by atoms with Crippen molar-refractivity contribution in [1.29, 1.82) is 0 Å². The largest absolute Gasteiger partial charge is 0.375 e. The Balaban J connectivity index is 1.73. The predicted octanol–water partition coefficient (Wildman–Crippen LogP) is 3.39. The molecule has 1 spiro atoms. The van der Waals surface area contributed by atoms with E-state index in [2.05, 4.69) is 4.98 Å². The Hall–Kier alpha value is -1.22. The Kier molecular flexibility index (Phi) is 3.65. The lowest BCUT2D eigenvalue weighted by Crippen LogP contribution is -2.43. The van der Waals surface area contributed by atoms with Gasteiger partial charge >= 0.3 is 0 Å². The highest BCUT2D eigenvalue weighted by atomic mass is 16.5. The van der Waals surface area contributed by atoms with Gasteiger partial charge in [0.1, 0.15) is 0 Å². The molecule has 1 atom stereocenters. The SMILES string of the molecule is O=C(c1ccncc1)C1CCOC2(CCCCC2)C1. The molecule has 0 radical (unpaired) electrons. The molecular formula is C16H21NO2. The number of Topliss-reactive ketones (excluding diaryl/α,β-unsaturated/α-hetero) is 1. The molecule has 19 heavy (non-hydrogen) atoms. The summed E-state index contributed by atoms with van der Waals surface area (Å²) in [6.45, 7) is 0.738. The van der Waals surface area contributed by atoms with Gasteiger partial charge in [-0.2, -0.15) is 0 Å². The molecule has 0 N–H and O–H groups in total. The average Bonchev–Trinajstić information content (AvgIpc) is 2.48. The van der Waals surface area contributed by atoms with Crippen LogP contribution in [0, 0.1) is 5.92 Å². The first kappa shape index (κ1) is 12.8. The highest BCUT2D eigenvalue weighted by molar-refractivity contribution is 5.97. The zero-order valence-corrected chi connectivity index (χ0v) is 11.3. The van der Waals surface area contributed by atoms with Crippen LogP contribution in [0.4, 0.5) is 0 Å². The number of ether oxygens (including phenoxy) is 1. The van der Waals surface area contributed by atoms with Crippen molar-refractivity contribution in [2.24, 2.45) is 5.92 Å². The number of hydrogen-bond acceptors (Lipinski definition) is 3. The summed E-state index contributed by atoms with van der Waals surface area (Å²) in [4.78, 5) is 16.5. The summed E-state index contributed by atoms with van der Waals surface area (Å²) in [6, 6.07) is 3.65. The summed E-state index contributed by atoms with van der Waals surface area (Å²) in [7, 11) is 0. The number of ketones is 1. The number of nitrogens with zero attached hydrogens (tertiary/aromatic N) is 1. The van der Waals surface area contributed by atoms with E-state index in [4.69, 9.17) is 4.74 Å². The summed E-state index contributed by atoms with van der Waals surface area (Å²) < 4.78 is 6.06. The number of rotatable bonds is 2. The van der Waals surface area contributed by atoms with Gasteiger partial charge in [-0.1, -0.05) is 19.3 Å². The van der Waals surface area contributed by atoms with Crippen LogP contribution >= 0.6 is 0 Å². The van der Waals surface area contributed by atoms with Gasteiger partial charge in [-0.25, -0.2) is 0 Å². The van der Waals surface area contributed by atoms with E-state index >= 15 is 0 Å². The lowest BCUT2D eigenvalue weighted by atomic mass is 9.74. The van der Waals surface area contributed by atoms with Crippen molar-refractivity contribution < 1.29 is 9.53 Å². The van der Waals surface area contributed by atoms with Gasteiger partial charge in [0.2, 0.25) is 0 Å². The molecule has 1 aromatic rings. The number of carbonyl (C=O) groups excluding carboxylic acids is 1. The van der Waals surface area contributed by atoms with E-state index in [1.54, 1.807) is 12.4 Å². The maximum atomic E-state index is 12.5. The average molecular weight is 259 g/mol. The van der Waals surface area contributed by atoms with Crippen molar-refractivity contribution in [3.8, 4) is 0 Å². The van der Waals surface area contributed by atoms with E-state index in [-0.39, 0.29) is 17.3 Å².